The van der Waals surface area contributed by atoms with Gasteiger partial charge in [-0.3, -0.25) is 13.3 Å². The van der Waals surface area contributed by atoms with Crippen LogP contribution in [0.15, 0.2) is 102 Å². The number of benzene rings is 4. The molecule has 0 aromatic heterocycles. The number of phenolic OH excluding ortho intramolecular Hbond substituents is 1. The van der Waals surface area contributed by atoms with Gasteiger partial charge in [0.15, 0.2) is 5.75 Å². The molecule has 0 fully saturated rings. The van der Waals surface area contributed by atoms with Gasteiger partial charge in [-0.25, -0.2) is 4.79 Å². The van der Waals surface area contributed by atoms with Gasteiger partial charge in [0, 0.05) is 18.1 Å². The maximum atomic E-state index is 12.1. The largest absolute Gasteiger partial charge is 0.768 e. The average Bonchev–Trinajstić information content (AvgIpc) is 2.94. The summed E-state index contributed by atoms with van der Waals surface area (Å²) in [5.74, 6) is -0.699. The lowest BCUT2D eigenvalue weighted by Gasteiger charge is -2.11. The molecule has 16 nitrogen and oxygen atoms in total. The van der Waals surface area contributed by atoms with Crippen molar-refractivity contribution in [1.82, 2.24) is 5.32 Å². The van der Waals surface area contributed by atoms with E-state index in [1.807, 2.05) is 0 Å². The number of nitrogens with one attached hydrogen (secondary N) is 2. The molecule has 4 aromatic carbocycles. The molecule has 0 aliphatic carbocycles. The number of anilines is 1. The molecule has 224 valence electrons. The van der Waals surface area contributed by atoms with Crippen molar-refractivity contribution in [2.45, 2.75) is 14.7 Å². The summed E-state index contributed by atoms with van der Waals surface area (Å²) in [7, 11) is -8.00. The minimum Gasteiger partial charge on any atom is -0.768 e. The molecule has 0 saturated carbocycles. The molecule has 0 heterocycles. The van der Waals surface area contributed by atoms with Crippen molar-refractivity contribution in [1.29, 1.82) is 0 Å². The average molecular weight is 648 g/mol. The van der Waals surface area contributed by atoms with Crippen molar-refractivity contribution in [3.05, 3.63) is 66.7 Å². The number of amides is 2. The first-order chi connectivity index (χ1) is 20.2. The maximum absolute atomic E-state index is 12.1. The van der Waals surface area contributed by atoms with Crippen molar-refractivity contribution < 1.29 is 44.6 Å². The molecule has 19 heteroatoms. The Kier molecular flexibility index (Phi) is 8.94. The summed E-state index contributed by atoms with van der Waals surface area (Å²) in [6.07, 6.45) is 0. The Morgan fingerprint density at radius 2 is 1.49 bits per heavy atom. The van der Waals surface area contributed by atoms with Gasteiger partial charge in [0.05, 0.1) is 21.2 Å². The molecule has 0 saturated heterocycles. The monoisotopic (exact) mass is 647 g/mol. The molecule has 0 radical (unpaired) electrons. The Hall–Kier alpha value is -4.66. The quantitative estimate of drug-likeness (QED) is 0.0985. The summed E-state index contributed by atoms with van der Waals surface area (Å²) in [5, 5.41) is 31.1. The van der Waals surface area contributed by atoms with E-state index in [0.717, 1.165) is 24.3 Å². The van der Waals surface area contributed by atoms with Crippen LogP contribution < -0.4 is 10.6 Å². The normalized spacial score (nSPS) is 13.0. The van der Waals surface area contributed by atoms with Crippen LogP contribution in [0.2, 0.25) is 0 Å². The smallest absolute Gasteiger partial charge is 0.318 e. The van der Waals surface area contributed by atoms with Gasteiger partial charge in [-0.2, -0.15) is 27.1 Å². The zero-order valence-corrected chi connectivity index (χ0v) is 24.0. The van der Waals surface area contributed by atoms with Crippen molar-refractivity contribution in [2.24, 2.45) is 20.5 Å². The van der Waals surface area contributed by atoms with E-state index in [0.29, 0.717) is 0 Å². The molecule has 0 spiro atoms. The van der Waals surface area contributed by atoms with Crippen molar-refractivity contribution >= 4 is 76.6 Å². The third-order valence-electron chi connectivity index (χ3n) is 5.61. The first-order valence-electron chi connectivity index (χ1n) is 11.6. The van der Waals surface area contributed by atoms with Crippen molar-refractivity contribution in [3.63, 3.8) is 0 Å². The van der Waals surface area contributed by atoms with Gasteiger partial charge in [0.25, 0.3) is 20.2 Å². The van der Waals surface area contributed by atoms with Crippen LogP contribution in [0, 0.1) is 0 Å². The highest BCUT2D eigenvalue weighted by Gasteiger charge is 2.22. The van der Waals surface area contributed by atoms with Crippen molar-refractivity contribution in [2.75, 3.05) is 12.4 Å². The van der Waals surface area contributed by atoms with E-state index < -0.39 is 58.6 Å². The van der Waals surface area contributed by atoms with Gasteiger partial charge in [-0.15, -0.1) is 10.2 Å². The van der Waals surface area contributed by atoms with E-state index >= 15 is 0 Å². The number of hydrogen-bond acceptors (Lipinski definition) is 12. The lowest BCUT2D eigenvalue weighted by molar-refractivity contribution is 0.254. The first-order valence-corrected chi connectivity index (χ1v) is 15.5. The van der Waals surface area contributed by atoms with Crippen LogP contribution in [-0.2, 0) is 31.3 Å². The second-order valence-electron chi connectivity index (χ2n) is 8.44. The predicted octanol–water partition coefficient (Wildman–Crippen LogP) is 4.86. The minimum atomic E-state index is -4.98. The number of nitrogens with zero attached hydrogens (tertiary/aromatic N) is 4. The third kappa shape index (κ3) is 7.41. The van der Waals surface area contributed by atoms with Crippen LogP contribution in [0.3, 0.4) is 0 Å². The van der Waals surface area contributed by atoms with E-state index in [2.05, 4.69) is 31.1 Å². The van der Waals surface area contributed by atoms with Crippen LogP contribution in [0.4, 0.5) is 33.2 Å². The summed E-state index contributed by atoms with van der Waals surface area (Å²) in [6, 6.07) is 12.8. The molecular weight excluding hydrogens is 628 g/mol. The fourth-order valence-corrected chi connectivity index (χ4v) is 5.24. The number of aromatic hydroxyl groups is 1. The lowest BCUT2D eigenvalue weighted by Crippen LogP contribution is -2.24. The van der Waals surface area contributed by atoms with Gasteiger partial charge in [0.2, 0.25) is 0 Å². The van der Waals surface area contributed by atoms with Crippen LogP contribution in [-0.4, -0.2) is 52.9 Å². The molecule has 0 aliphatic rings. The second kappa shape index (κ2) is 12.3. The minimum absolute atomic E-state index is 0.0327. The number of carbonyl (C=O) groups is 1. The van der Waals surface area contributed by atoms with Crippen LogP contribution >= 0.6 is 0 Å². The van der Waals surface area contributed by atoms with E-state index in [1.54, 1.807) is 0 Å². The summed E-state index contributed by atoms with van der Waals surface area (Å²) in [6.45, 7) is 0. The van der Waals surface area contributed by atoms with Crippen molar-refractivity contribution in [3.8, 4) is 5.75 Å². The first kappa shape index (κ1) is 31.3. The molecule has 1 unspecified atom stereocenters. The highest BCUT2D eigenvalue weighted by Crippen LogP contribution is 2.42. The summed E-state index contributed by atoms with van der Waals surface area (Å²) in [5.41, 5.74) is -0.498. The van der Waals surface area contributed by atoms with Gasteiger partial charge in [-0.1, -0.05) is 0 Å². The van der Waals surface area contributed by atoms with E-state index in [4.69, 9.17) is 4.55 Å². The number of rotatable bonds is 8. The van der Waals surface area contributed by atoms with Gasteiger partial charge in [-0.05, 0) is 83.2 Å². The van der Waals surface area contributed by atoms with Crippen LogP contribution in [0.1, 0.15) is 0 Å². The number of hydrogen-bond donors (Lipinski definition) is 5. The predicted molar refractivity (Wildman–Crippen MR) is 152 cm³/mol. The molecule has 2 amide bonds. The maximum Gasteiger partial charge on any atom is 0.318 e. The van der Waals surface area contributed by atoms with E-state index in [9.17, 15) is 40.1 Å². The molecule has 4 rings (SSSR count). The van der Waals surface area contributed by atoms with Crippen LogP contribution in [0.5, 0.6) is 5.75 Å². The highest BCUT2D eigenvalue weighted by molar-refractivity contribution is 7.86. The Morgan fingerprint density at radius 1 is 0.837 bits per heavy atom. The number of phenols is 1. The summed E-state index contributed by atoms with van der Waals surface area (Å²) >= 11 is -2.90. The zero-order chi connectivity index (χ0) is 31.5. The Morgan fingerprint density at radius 3 is 2.09 bits per heavy atom. The molecule has 1 atom stereocenters. The summed E-state index contributed by atoms with van der Waals surface area (Å²) < 4.78 is 89.3. The second-order valence-corrected chi connectivity index (χ2v) is 12.2. The number of urea groups is 1. The Balaban J connectivity index is 1.71. The van der Waals surface area contributed by atoms with E-state index in [-0.39, 0.29) is 38.4 Å². The fraction of sp³-hybridized carbons (Fsp3) is 0.0417. The summed E-state index contributed by atoms with van der Waals surface area (Å²) in [4.78, 5) is 9.98. The molecular formula is C24H19N6O10S3-. The Bertz CT molecular complexity index is 2050. The SMILES string of the molecule is CNC(=O)Nc1ccc2c(O)c(N=Nc3ccc(N=Nc4ccc(S(=O)(=O)O)cc4)cc3S(=O)[O-])c(S(=O)(=O)O)cc2c1. The number of fused-ring (bicyclic) bond motifs is 1. The molecule has 0 bridgehead atoms. The number of azo groups is 2. The molecule has 5 N–H and O–H groups in total. The topological polar surface area (TPSA) is 260 Å². The third-order valence-corrected chi connectivity index (χ3v) is 8.03. The fourth-order valence-electron chi connectivity index (χ4n) is 3.60. The van der Waals surface area contributed by atoms with E-state index in [1.165, 1.54) is 49.5 Å². The molecule has 4 aromatic rings. The Labute approximate surface area is 246 Å². The molecule has 43 heavy (non-hydrogen) atoms. The van der Waals surface area contributed by atoms with Gasteiger partial charge < -0.3 is 20.3 Å². The molecule has 0 aliphatic heterocycles. The van der Waals surface area contributed by atoms with Crippen LogP contribution in [0.25, 0.3) is 10.8 Å². The van der Waals surface area contributed by atoms with Gasteiger partial charge >= 0.3 is 6.03 Å². The standard InChI is InChI=1S/C24H20N6O10S3/c1-25-24(32)26-15-4-8-18-13(10-15)11-21(43(38,39)40)22(23(18)31)30-29-19-9-5-16(12-20(19)41(33)34)28-27-14-2-6-17(7-3-14)42(35,36)37/h2-12,31H,1H3,(H,33,34)(H2,25,26,32)(H,35,36,37)(H,38,39,40)/p-1. The zero-order valence-electron chi connectivity index (χ0n) is 21.6. The number of carbonyl (C=O) groups excluding carboxylic acids is 1. The van der Waals surface area contributed by atoms with Gasteiger partial charge in [0.1, 0.15) is 16.3 Å². The lowest BCUT2D eigenvalue weighted by atomic mass is 10.1. The highest BCUT2D eigenvalue weighted by atomic mass is 32.2.